The molecule has 0 aliphatic heterocycles. The molecule has 0 aliphatic rings. The van der Waals surface area contributed by atoms with Crippen molar-refractivity contribution < 1.29 is 4.79 Å². The van der Waals surface area contributed by atoms with Gasteiger partial charge in [-0.1, -0.05) is 36.4 Å². The Morgan fingerprint density at radius 2 is 2.00 bits per heavy atom. The second kappa shape index (κ2) is 7.44. The molecule has 0 fully saturated rings. The first kappa shape index (κ1) is 17.1. The number of thiophene rings is 1. The number of carbonyl (C=O) groups is 1. The van der Waals surface area contributed by atoms with Gasteiger partial charge in [0.1, 0.15) is 0 Å². The van der Waals surface area contributed by atoms with Crippen molar-refractivity contribution >= 4 is 17.2 Å². The molecule has 0 unspecified atom stereocenters. The Labute approximate surface area is 151 Å². The maximum absolute atomic E-state index is 12.8. The van der Waals surface area contributed by atoms with Gasteiger partial charge in [0.15, 0.2) is 5.82 Å². The quantitative estimate of drug-likeness (QED) is 0.629. The van der Waals surface area contributed by atoms with Crippen LogP contribution in [0.15, 0.2) is 60.0 Å². The highest BCUT2D eigenvalue weighted by atomic mass is 32.1. The first-order chi connectivity index (χ1) is 12.1. The maximum Gasteiger partial charge on any atom is 0.293 e. The number of hydrogen-bond acceptors (Lipinski definition) is 4. The van der Waals surface area contributed by atoms with E-state index in [1.807, 2.05) is 61.7 Å². The van der Waals surface area contributed by atoms with E-state index in [-0.39, 0.29) is 11.7 Å². The predicted molar refractivity (Wildman–Crippen MR) is 101 cm³/mol. The SMILES string of the molecule is C=C(C)CN(CC)C(=O)c1nc(-c2cccs2)n(-c2ccccc2)n1. The Morgan fingerprint density at radius 3 is 2.60 bits per heavy atom. The molecule has 3 aromatic rings. The highest BCUT2D eigenvalue weighted by molar-refractivity contribution is 7.13. The van der Waals surface area contributed by atoms with Gasteiger partial charge < -0.3 is 4.90 Å². The second-order valence-electron chi connectivity index (χ2n) is 5.76. The molecule has 0 aliphatic carbocycles. The van der Waals surface area contributed by atoms with Gasteiger partial charge in [-0.2, -0.15) is 0 Å². The highest BCUT2D eigenvalue weighted by Crippen LogP contribution is 2.25. The second-order valence-corrected chi connectivity index (χ2v) is 6.71. The molecular weight excluding hydrogens is 332 g/mol. The molecule has 5 nitrogen and oxygen atoms in total. The minimum absolute atomic E-state index is 0.182. The molecule has 25 heavy (non-hydrogen) atoms. The number of hydrogen-bond donors (Lipinski definition) is 0. The zero-order valence-electron chi connectivity index (χ0n) is 14.3. The van der Waals surface area contributed by atoms with Crippen molar-refractivity contribution in [1.29, 1.82) is 0 Å². The summed E-state index contributed by atoms with van der Waals surface area (Å²) in [6.45, 7) is 8.82. The molecule has 0 bridgehead atoms. The van der Waals surface area contributed by atoms with E-state index in [9.17, 15) is 4.79 Å². The van der Waals surface area contributed by atoms with Crippen LogP contribution < -0.4 is 0 Å². The van der Waals surface area contributed by atoms with Crippen LogP contribution in [-0.2, 0) is 0 Å². The van der Waals surface area contributed by atoms with E-state index in [1.165, 1.54) is 0 Å². The van der Waals surface area contributed by atoms with Crippen LogP contribution in [0.2, 0.25) is 0 Å². The van der Waals surface area contributed by atoms with E-state index in [0.717, 1.165) is 16.1 Å². The van der Waals surface area contributed by atoms with Gasteiger partial charge in [-0.15, -0.1) is 16.4 Å². The summed E-state index contributed by atoms with van der Waals surface area (Å²) in [4.78, 5) is 20.0. The minimum atomic E-state index is -0.182. The van der Waals surface area contributed by atoms with Crippen LogP contribution >= 0.6 is 11.3 Å². The van der Waals surface area contributed by atoms with Gasteiger partial charge in [-0.25, -0.2) is 9.67 Å². The highest BCUT2D eigenvalue weighted by Gasteiger charge is 2.23. The Morgan fingerprint density at radius 1 is 1.24 bits per heavy atom. The lowest BCUT2D eigenvalue weighted by atomic mass is 10.3. The lowest BCUT2D eigenvalue weighted by Crippen LogP contribution is -2.33. The van der Waals surface area contributed by atoms with Gasteiger partial charge in [-0.3, -0.25) is 4.79 Å². The molecule has 0 spiro atoms. The average Bonchev–Trinajstić information content (AvgIpc) is 3.28. The molecule has 6 heteroatoms. The van der Waals surface area contributed by atoms with Crippen molar-refractivity contribution in [2.45, 2.75) is 13.8 Å². The molecule has 0 radical (unpaired) electrons. The monoisotopic (exact) mass is 352 g/mol. The zero-order valence-corrected chi connectivity index (χ0v) is 15.2. The maximum atomic E-state index is 12.8. The fourth-order valence-electron chi connectivity index (χ4n) is 2.51. The van der Waals surface area contributed by atoms with Crippen molar-refractivity contribution in [1.82, 2.24) is 19.7 Å². The molecule has 128 valence electrons. The van der Waals surface area contributed by atoms with Crippen LogP contribution in [-0.4, -0.2) is 38.7 Å². The lowest BCUT2D eigenvalue weighted by Gasteiger charge is -2.18. The lowest BCUT2D eigenvalue weighted by molar-refractivity contribution is 0.0766. The molecule has 3 rings (SSSR count). The van der Waals surface area contributed by atoms with Gasteiger partial charge in [-0.05, 0) is 37.4 Å². The van der Waals surface area contributed by atoms with E-state index < -0.39 is 0 Å². The summed E-state index contributed by atoms with van der Waals surface area (Å²) in [5, 5.41) is 6.49. The van der Waals surface area contributed by atoms with E-state index in [2.05, 4.69) is 16.7 Å². The van der Waals surface area contributed by atoms with E-state index in [1.54, 1.807) is 20.9 Å². The van der Waals surface area contributed by atoms with E-state index in [4.69, 9.17) is 0 Å². The van der Waals surface area contributed by atoms with Crippen LogP contribution in [0.25, 0.3) is 16.4 Å². The summed E-state index contributed by atoms with van der Waals surface area (Å²) in [5.41, 5.74) is 1.80. The third kappa shape index (κ3) is 3.69. The molecule has 0 saturated heterocycles. The van der Waals surface area contributed by atoms with Gasteiger partial charge in [0, 0.05) is 13.1 Å². The summed E-state index contributed by atoms with van der Waals surface area (Å²) >= 11 is 1.57. The number of amides is 1. The molecule has 2 aromatic heterocycles. The number of benzene rings is 1. The number of likely N-dealkylation sites (N-methyl/N-ethyl adjacent to an activating group) is 1. The largest absolute Gasteiger partial charge is 0.332 e. The fourth-order valence-corrected chi connectivity index (χ4v) is 3.21. The Kier molecular flexibility index (Phi) is 5.09. The van der Waals surface area contributed by atoms with Crippen LogP contribution in [0.4, 0.5) is 0 Å². The number of nitrogens with zero attached hydrogens (tertiary/aromatic N) is 4. The molecule has 0 saturated carbocycles. The van der Waals surface area contributed by atoms with Gasteiger partial charge in [0.25, 0.3) is 5.91 Å². The molecule has 1 aromatic carbocycles. The van der Waals surface area contributed by atoms with Crippen molar-refractivity contribution in [2.75, 3.05) is 13.1 Å². The van der Waals surface area contributed by atoms with Gasteiger partial charge in [0.2, 0.25) is 5.82 Å². The van der Waals surface area contributed by atoms with Crippen molar-refractivity contribution in [3.05, 3.63) is 65.8 Å². The fraction of sp³-hybridized carbons (Fsp3) is 0.211. The van der Waals surface area contributed by atoms with Crippen LogP contribution in [0.1, 0.15) is 24.5 Å². The Balaban J connectivity index is 2.05. The predicted octanol–water partition coefficient (Wildman–Crippen LogP) is 4.03. The number of aromatic nitrogens is 3. The van der Waals surface area contributed by atoms with E-state index >= 15 is 0 Å². The number of para-hydroxylation sites is 1. The summed E-state index contributed by atoms with van der Waals surface area (Å²) in [6.07, 6.45) is 0. The first-order valence-corrected chi connectivity index (χ1v) is 8.98. The molecule has 1 amide bonds. The molecule has 2 heterocycles. The minimum Gasteiger partial charge on any atom is -0.332 e. The summed E-state index contributed by atoms with van der Waals surface area (Å²) < 4.78 is 1.73. The van der Waals surface area contributed by atoms with Crippen LogP contribution in [0.5, 0.6) is 0 Å². The van der Waals surface area contributed by atoms with Gasteiger partial charge >= 0.3 is 0 Å². The molecule has 0 N–H and O–H groups in total. The Hall–Kier alpha value is -2.73. The van der Waals surface area contributed by atoms with Gasteiger partial charge in [0.05, 0.1) is 10.6 Å². The van der Waals surface area contributed by atoms with Crippen LogP contribution in [0.3, 0.4) is 0 Å². The summed E-state index contributed by atoms with van der Waals surface area (Å²) in [6, 6.07) is 13.7. The number of carbonyl (C=O) groups excluding carboxylic acids is 1. The van der Waals surface area contributed by atoms with Crippen molar-refractivity contribution in [2.24, 2.45) is 0 Å². The van der Waals surface area contributed by atoms with Crippen LogP contribution in [0, 0.1) is 0 Å². The molecule has 0 atom stereocenters. The topological polar surface area (TPSA) is 51.0 Å². The third-order valence-electron chi connectivity index (χ3n) is 3.67. The molecular formula is C19H20N4OS. The number of rotatable bonds is 6. The van der Waals surface area contributed by atoms with Crippen molar-refractivity contribution in [3.8, 4) is 16.4 Å². The van der Waals surface area contributed by atoms with Crippen molar-refractivity contribution in [3.63, 3.8) is 0 Å². The van der Waals surface area contributed by atoms with E-state index in [0.29, 0.717) is 18.9 Å². The normalized spacial score (nSPS) is 10.6. The smallest absolute Gasteiger partial charge is 0.293 e. The first-order valence-electron chi connectivity index (χ1n) is 8.10. The summed E-state index contributed by atoms with van der Waals surface area (Å²) in [5.74, 6) is 0.698. The standard InChI is InChI=1S/C19H20N4OS/c1-4-22(13-14(2)3)19(24)17-20-18(16-11-8-12-25-16)23(21-17)15-9-6-5-7-10-15/h5-12H,2,4,13H2,1,3H3. The zero-order chi connectivity index (χ0) is 17.8. The Bertz CT molecular complexity index is 868. The average molecular weight is 352 g/mol. The summed E-state index contributed by atoms with van der Waals surface area (Å²) in [7, 11) is 0. The third-order valence-corrected chi connectivity index (χ3v) is 4.54.